The molecule has 5 nitrogen and oxygen atoms in total. The molecular weight excluding hydrogens is 288 g/mol. The molecule has 0 aliphatic rings. The van der Waals surface area contributed by atoms with E-state index in [1.165, 1.54) is 0 Å². The van der Waals surface area contributed by atoms with Crippen LogP contribution in [-0.2, 0) is 11.2 Å². The summed E-state index contributed by atoms with van der Waals surface area (Å²) in [4.78, 5) is 27.5. The Bertz CT molecular complexity index is 650. The van der Waals surface area contributed by atoms with E-state index in [2.05, 4.69) is 10.3 Å². The number of anilines is 1. The Hall–Kier alpha value is -2.21. The van der Waals surface area contributed by atoms with E-state index in [-0.39, 0.29) is 23.1 Å². The Labute approximate surface area is 126 Å². The number of nitrogens with zero attached hydrogens (tertiary/aromatic N) is 1. The molecule has 0 aliphatic carbocycles. The number of nitrogens with one attached hydrogen (secondary N) is 1. The van der Waals surface area contributed by atoms with Crippen LogP contribution in [0.3, 0.4) is 0 Å². The van der Waals surface area contributed by atoms with E-state index >= 15 is 0 Å². The van der Waals surface area contributed by atoms with E-state index < -0.39 is 5.97 Å². The quantitative estimate of drug-likeness (QED) is 0.889. The van der Waals surface area contributed by atoms with Gasteiger partial charge in [0.15, 0.2) is 5.13 Å². The highest BCUT2D eigenvalue weighted by Gasteiger charge is 2.20. The topological polar surface area (TPSA) is 79.3 Å². The molecule has 0 bridgehead atoms. The summed E-state index contributed by atoms with van der Waals surface area (Å²) in [5.74, 6) is -1.23. The minimum Gasteiger partial charge on any atom is -0.477 e. The van der Waals surface area contributed by atoms with Gasteiger partial charge < -0.3 is 10.4 Å². The van der Waals surface area contributed by atoms with Crippen molar-refractivity contribution in [1.29, 1.82) is 0 Å². The molecule has 1 heterocycles. The second-order valence-corrected chi connectivity index (χ2v) is 5.90. The van der Waals surface area contributed by atoms with Crippen LogP contribution in [0.2, 0.25) is 0 Å². The van der Waals surface area contributed by atoms with Crippen LogP contribution in [0.15, 0.2) is 30.3 Å². The molecule has 1 aromatic heterocycles. The highest BCUT2D eigenvalue weighted by molar-refractivity contribution is 7.17. The number of aromatic carboxylic acids is 1. The monoisotopic (exact) mass is 304 g/mol. The molecule has 0 unspecified atom stereocenters. The lowest BCUT2D eigenvalue weighted by Crippen LogP contribution is -2.14. The molecule has 110 valence electrons. The van der Waals surface area contributed by atoms with Crippen molar-refractivity contribution >= 4 is 28.3 Å². The average Bonchev–Trinajstić information content (AvgIpc) is 2.84. The Morgan fingerprint density at radius 1 is 1.29 bits per heavy atom. The van der Waals surface area contributed by atoms with E-state index in [4.69, 9.17) is 5.11 Å². The van der Waals surface area contributed by atoms with Gasteiger partial charge in [-0.25, -0.2) is 9.78 Å². The largest absolute Gasteiger partial charge is 0.477 e. The molecule has 21 heavy (non-hydrogen) atoms. The number of carbonyl (C=O) groups excluding carboxylic acids is 1. The fourth-order valence-electron chi connectivity index (χ4n) is 1.87. The van der Waals surface area contributed by atoms with Crippen molar-refractivity contribution in [3.05, 3.63) is 46.5 Å². The van der Waals surface area contributed by atoms with Crippen molar-refractivity contribution in [2.45, 2.75) is 26.2 Å². The van der Waals surface area contributed by atoms with Gasteiger partial charge >= 0.3 is 5.97 Å². The molecule has 2 N–H and O–H groups in total. The minimum absolute atomic E-state index is 0.00729. The molecule has 0 atom stereocenters. The molecule has 0 radical (unpaired) electrons. The number of rotatable bonds is 5. The summed E-state index contributed by atoms with van der Waals surface area (Å²) in [5.41, 5.74) is 1.40. The number of hydrogen-bond donors (Lipinski definition) is 2. The summed E-state index contributed by atoms with van der Waals surface area (Å²) in [6.45, 7) is 3.74. The Kier molecular flexibility index (Phi) is 4.70. The molecule has 0 saturated heterocycles. The third kappa shape index (κ3) is 3.88. The van der Waals surface area contributed by atoms with Gasteiger partial charge in [-0.05, 0) is 11.5 Å². The second kappa shape index (κ2) is 6.49. The van der Waals surface area contributed by atoms with Crippen LogP contribution in [-0.4, -0.2) is 22.0 Å². The van der Waals surface area contributed by atoms with Gasteiger partial charge in [0, 0.05) is 0 Å². The minimum atomic E-state index is -1.01. The summed E-state index contributed by atoms with van der Waals surface area (Å²) < 4.78 is 0. The van der Waals surface area contributed by atoms with E-state index in [0.717, 1.165) is 16.9 Å². The van der Waals surface area contributed by atoms with Gasteiger partial charge in [-0.15, -0.1) is 0 Å². The number of carboxylic acid groups (broad SMARTS) is 1. The van der Waals surface area contributed by atoms with Gasteiger partial charge in [-0.1, -0.05) is 55.5 Å². The highest BCUT2D eigenvalue weighted by Crippen LogP contribution is 2.28. The summed E-state index contributed by atoms with van der Waals surface area (Å²) in [6.07, 6.45) is 0.236. The number of aromatic nitrogens is 1. The number of hydrogen-bond acceptors (Lipinski definition) is 4. The van der Waals surface area contributed by atoms with E-state index in [9.17, 15) is 9.59 Å². The van der Waals surface area contributed by atoms with E-state index in [1.807, 2.05) is 44.2 Å². The first-order chi connectivity index (χ1) is 9.97. The van der Waals surface area contributed by atoms with Crippen LogP contribution in [0.25, 0.3) is 0 Å². The standard InChI is InChI=1S/C15H16N2O3S/c1-9(2)12-13(14(19)20)21-15(17-12)16-11(18)8-10-6-4-3-5-7-10/h3-7,9H,8H2,1-2H3,(H,19,20)(H,16,17,18). The van der Waals surface area contributed by atoms with Gasteiger partial charge in [0.2, 0.25) is 5.91 Å². The third-order valence-electron chi connectivity index (χ3n) is 2.85. The van der Waals surface area contributed by atoms with E-state index in [0.29, 0.717) is 10.8 Å². The fourth-order valence-corrected chi connectivity index (χ4v) is 2.85. The van der Waals surface area contributed by atoms with Crippen molar-refractivity contribution in [3.8, 4) is 0 Å². The van der Waals surface area contributed by atoms with Gasteiger partial charge in [0.05, 0.1) is 12.1 Å². The maximum atomic E-state index is 12.0. The molecule has 0 saturated carbocycles. The first-order valence-corrected chi connectivity index (χ1v) is 7.36. The lowest BCUT2D eigenvalue weighted by atomic mass is 10.1. The first kappa shape index (κ1) is 15.2. The van der Waals surface area contributed by atoms with Gasteiger partial charge in [-0.2, -0.15) is 0 Å². The van der Waals surface area contributed by atoms with Crippen LogP contribution in [0, 0.1) is 0 Å². The predicted molar refractivity (Wildman–Crippen MR) is 81.9 cm³/mol. The Morgan fingerprint density at radius 2 is 1.95 bits per heavy atom. The van der Waals surface area contributed by atoms with Crippen LogP contribution in [0.4, 0.5) is 5.13 Å². The maximum Gasteiger partial charge on any atom is 0.347 e. The van der Waals surface area contributed by atoms with Crippen LogP contribution < -0.4 is 5.32 Å². The molecule has 6 heteroatoms. The zero-order valence-corrected chi connectivity index (χ0v) is 12.6. The smallest absolute Gasteiger partial charge is 0.347 e. The first-order valence-electron chi connectivity index (χ1n) is 6.55. The molecule has 0 fully saturated rings. The third-order valence-corrected chi connectivity index (χ3v) is 3.82. The summed E-state index contributed by atoms with van der Waals surface area (Å²) in [6, 6.07) is 9.35. The van der Waals surface area contributed by atoms with Gasteiger partial charge in [0.25, 0.3) is 0 Å². The summed E-state index contributed by atoms with van der Waals surface area (Å²) in [5, 5.41) is 12.2. The lowest BCUT2D eigenvalue weighted by molar-refractivity contribution is -0.115. The van der Waals surface area contributed by atoms with Crippen LogP contribution in [0.1, 0.15) is 40.7 Å². The van der Waals surface area contributed by atoms with Crippen LogP contribution >= 0.6 is 11.3 Å². The number of benzene rings is 1. The maximum absolute atomic E-state index is 12.0. The number of carbonyl (C=O) groups is 2. The molecule has 2 aromatic rings. The van der Waals surface area contributed by atoms with Crippen molar-refractivity contribution in [2.75, 3.05) is 5.32 Å². The Balaban J connectivity index is 2.11. The molecule has 2 rings (SSSR count). The van der Waals surface area contributed by atoms with Crippen molar-refractivity contribution < 1.29 is 14.7 Å². The molecule has 0 spiro atoms. The summed E-state index contributed by atoms with van der Waals surface area (Å²) in [7, 11) is 0. The van der Waals surface area contributed by atoms with Crippen LogP contribution in [0.5, 0.6) is 0 Å². The van der Waals surface area contributed by atoms with Crippen molar-refractivity contribution in [1.82, 2.24) is 4.98 Å². The highest BCUT2D eigenvalue weighted by atomic mass is 32.1. The summed E-state index contributed by atoms with van der Waals surface area (Å²) >= 11 is 0.992. The van der Waals surface area contributed by atoms with Gasteiger partial charge in [0.1, 0.15) is 4.88 Å². The molecule has 0 aliphatic heterocycles. The van der Waals surface area contributed by atoms with E-state index in [1.54, 1.807) is 0 Å². The zero-order chi connectivity index (χ0) is 15.4. The lowest BCUT2D eigenvalue weighted by Gasteiger charge is -2.02. The molecule has 1 aromatic carbocycles. The van der Waals surface area contributed by atoms with Crippen molar-refractivity contribution in [3.63, 3.8) is 0 Å². The van der Waals surface area contributed by atoms with Crippen molar-refractivity contribution in [2.24, 2.45) is 0 Å². The molecular formula is C15H16N2O3S. The SMILES string of the molecule is CC(C)c1nc(NC(=O)Cc2ccccc2)sc1C(=O)O. The second-order valence-electron chi connectivity index (χ2n) is 4.90. The predicted octanol–water partition coefficient (Wildman–Crippen LogP) is 3.15. The normalized spacial score (nSPS) is 10.6. The zero-order valence-electron chi connectivity index (χ0n) is 11.8. The number of amides is 1. The van der Waals surface area contributed by atoms with Gasteiger partial charge in [-0.3, -0.25) is 4.79 Å². The molecule has 1 amide bonds. The average molecular weight is 304 g/mol. The fraction of sp³-hybridized carbons (Fsp3) is 0.267. The Morgan fingerprint density at radius 3 is 2.48 bits per heavy atom. The number of carboxylic acids is 1. The number of thiazole rings is 1.